The zero-order valence-corrected chi connectivity index (χ0v) is 12.8. The van der Waals surface area contributed by atoms with Crippen molar-refractivity contribution in [3.63, 3.8) is 0 Å². The van der Waals surface area contributed by atoms with Crippen LogP contribution >= 0.6 is 11.6 Å². The number of hydrogen-bond acceptors (Lipinski definition) is 2. The Morgan fingerprint density at radius 1 is 1.55 bits per heavy atom. The second kappa shape index (κ2) is 6.95. The Hall–Kier alpha value is -1.26. The van der Waals surface area contributed by atoms with E-state index in [2.05, 4.69) is 10.6 Å². The first-order chi connectivity index (χ1) is 9.58. The molecule has 0 saturated carbocycles. The summed E-state index contributed by atoms with van der Waals surface area (Å²) in [5, 5.41) is 7.04. The summed E-state index contributed by atoms with van der Waals surface area (Å²) in [4.78, 5) is 13.9. The molecule has 110 valence electrons. The first kappa shape index (κ1) is 15.1. The van der Waals surface area contributed by atoms with Gasteiger partial charge in [0.2, 0.25) is 0 Å². The Kier molecular flexibility index (Phi) is 5.26. The largest absolute Gasteiger partial charge is 0.334 e. The van der Waals surface area contributed by atoms with Crippen molar-refractivity contribution in [3.05, 3.63) is 34.3 Å². The maximum atomic E-state index is 12.1. The molecule has 2 amide bonds. The van der Waals surface area contributed by atoms with Crippen molar-refractivity contribution in [1.29, 1.82) is 0 Å². The number of likely N-dealkylation sites (N-methyl/N-ethyl adjacent to an activating group) is 1. The molecule has 2 N–H and O–H groups in total. The number of piperidine rings is 1. The van der Waals surface area contributed by atoms with Crippen molar-refractivity contribution < 1.29 is 4.79 Å². The van der Waals surface area contributed by atoms with Crippen LogP contribution in [0.25, 0.3) is 0 Å². The highest BCUT2D eigenvalue weighted by atomic mass is 35.5. The summed E-state index contributed by atoms with van der Waals surface area (Å²) in [6, 6.07) is 6.08. The minimum atomic E-state index is -0.0219. The lowest BCUT2D eigenvalue weighted by atomic mass is 10.1. The predicted octanol–water partition coefficient (Wildman–Crippen LogP) is 2.54. The van der Waals surface area contributed by atoms with Crippen LogP contribution in [0.1, 0.15) is 24.0 Å². The van der Waals surface area contributed by atoms with E-state index in [0.29, 0.717) is 6.54 Å². The maximum Gasteiger partial charge on any atom is 0.317 e. The van der Waals surface area contributed by atoms with E-state index in [1.54, 1.807) is 4.90 Å². The van der Waals surface area contributed by atoms with Crippen LogP contribution in [0.3, 0.4) is 0 Å². The molecule has 4 nitrogen and oxygen atoms in total. The number of nitrogens with zero attached hydrogens (tertiary/aromatic N) is 1. The summed E-state index contributed by atoms with van der Waals surface area (Å²) in [6.07, 6.45) is 2.19. The number of benzene rings is 1. The first-order valence-corrected chi connectivity index (χ1v) is 7.42. The maximum absolute atomic E-state index is 12.1. The highest BCUT2D eigenvalue weighted by Crippen LogP contribution is 2.16. The molecule has 0 bridgehead atoms. The van der Waals surface area contributed by atoms with Gasteiger partial charge < -0.3 is 15.5 Å². The molecule has 1 heterocycles. The van der Waals surface area contributed by atoms with Crippen LogP contribution in [0.4, 0.5) is 4.79 Å². The van der Waals surface area contributed by atoms with E-state index >= 15 is 0 Å². The van der Waals surface area contributed by atoms with E-state index in [4.69, 9.17) is 11.6 Å². The molecule has 2 rings (SSSR count). The van der Waals surface area contributed by atoms with Gasteiger partial charge in [0.25, 0.3) is 0 Å². The standard InChI is InChI=1S/C15H22ClN3O/c1-11-8-12(5-6-14(11)16)9-18-15(20)19(2)13-4-3-7-17-10-13/h5-6,8,13,17H,3-4,7,9-10H2,1-2H3,(H,18,20)/t13-/m1/s1. The lowest BCUT2D eigenvalue weighted by molar-refractivity contribution is 0.178. The minimum absolute atomic E-state index is 0.0219. The van der Waals surface area contributed by atoms with Gasteiger partial charge in [0.15, 0.2) is 0 Å². The lowest BCUT2D eigenvalue weighted by Crippen LogP contribution is -2.49. The average molecular weight is 296 g/mol. The Balaban J connectivity index is 1.86. The summed E-state index contributed by atoms with van der Waals surface area (Å²) >= 11 is 5.99. The third-order valence-electron chi connectivity index (χ3n) is 3.81. The number of aryl methyl sites for hydroxylation is 1. The topological polar surface area (TPSA) is 44.4 Å². The molecule has 1 aliphatic rings. The van der Waals surface area contributed by atoms with Gasteiger partial charge in [0.1, 0.15) is 0 Å². The minimum Gasteiger partial charge on any atom is -0.334 e. The fourth-order valence-electron chi connectivity index (χ4n) is 2.45. The van der Waals surface area contributed by atoms with Gasteiger partial charge in [0, 0.05) is 31.2 Å². The van der Waals surface area contributed by atoms with Crippen molar-refractivity contribution in [1.82, 2.24) is 15.5 Å². The van der Waals surface area contributed by atoms with E-state index in [0.717, 1.165) is 42.1 Å². The quantitative estimate of drug-likeness (QED) is 0.900. The SMILES string of the molecule is Cc1cc(CNC(=O)N(C)[C@@H]2CCCNC2)ccc1Cl. The van der Waals surface area contributed by atoms with Crippen LogP contribution in [0.15, 0.2) is 18.2 Å². The normalized spacial score (nSPS) is 18.6. The van der Waals surface area contributed by atoms with Crippen LogP contribution < -0.4 is 10.6 Å². The van der Waals surface area contributed by atoms with Crippen molar-refractivity contribution in [2.45, 2.75) is 32.4 Å². The average Bonchev–Trinajstić information content (AvgIpc) is 2.48. The molecular formula is C15H22ClN3O. The summed E-state index contributed by atoms with van der Waals surface area (Å²) in [5.74, 6) is 0. The van der Waals surface area contributed by atoms with E-state index in [-0.39, 0.29) is 12.1 Å². The molecule has 1 aliphatic heterocycles. The third-order valence-corrected chi connectivity index (χ3v) is 4.23. The molecule has 1 atom stereocenters. The zero-order valence-electron chi connectivity index (χ0n) is 12.1. The lowest BCUT2D eigenvalue weighted by Gasteiger charge is -2.31. The fraction of sp³-hybridized carbons (Fsp3) is 0.533. The molecule has 0 aromatic heterocycles. The number of nitrogens with one attached hydrogen (secondary N) is 2. The van der Waals surface area contributed by atoms with Gasteiger partial charge in [-0.1, -0.05) is 23.7 Å². The van der Waals surface area contributed by atoms with Gasteiger partial charge in [-0.15, -0.1) is 0 Å². The molecular weight excluding hydrogens is 274 g/mol. The zero-order chi connectivity index (χ0) is 14.5. The molecule has 0 spiro atoms. The van der Waals surface area contributed by atoms with Crippen LogP contribution in [-0.4, -0.2) is 37.1 Å². The van der Waals surface area contributed by atoms with Gasteiger partial charge >= 0.3 is 6.03 Å². The van der Waals surface area contributed by atoms with Crippen molar-refractivity contribution in [2.75, 3.05) is 20.1 Å². The number of carbonyl (C=O) groups excluding carboxylic acids is 1. The number of carbonyl (C=O) groups is 1. The van der Waals surface area contributed by atoms with Crippen molar-refractivity contribution >= 4 is 17.6 Å². The highest BCUT2D eigenvalue weighted by molar-refractivity contribution is 6.31. The van der Waals surface area contributed by atoms with E-state index in [9.17, 15) is 4.79 Å². The van der Waals surface area contributed by atoms with E-state index in [1.807, 2.05) is 32.2 Å². The molecule has 0 aliphatic carbocycles. The second-order valence-electron chi connectivity index (χ2n) is 5.35. The monoisotopic (exact) mass is 295 g/mol. The molecule has 5 heteroatoms. The Morgan fingerprint density at radius 2 is 2.35 bits per heavy atom. The summed E-state index contributed by atoms with van der Waals surface area (Å²) in [5.41, 5.74) is 2.10. The molecule has 20 heavy (non-hydrogen) atoms. The Morgan fingerprint density at radius 3 is 3.00 bits per heavy atom. The van der Waals surface area contributed by atoms with Gasteiger partial charge in [-0.2, -0.15) is 0 Å². The number of rotatable bonds is 3. The van der Waals surface area contributed by atoms with Crippen molar-refractivity contribution in [3.8, 4) is 0 Å². The van der Waals surface area contributed by atoms with E-state index < -0.39 is 0 Å². The molecule has 1 saturated heterocycles. The Labute approximate surface area is 125 Å². The smallest absolute Gasteiger partial charge is 0.317 e. The highest BCUT2D eigenvalue weighted by Gasteiger charge is 2.21. The van der Waals surface area contributed by atoms with Crippen LogP contribution in [0, 0.1) is 6.92 Å². The summed E-state index contributed by atoms with van der Waals surface area (Å²) < 4.78 is 0. The van der Waals surface area contributed by atoms with Crippen LogP contribution in [-0.2, 0) is 6.54 Å². The van der Waals surface area contributed by atoms with Crippen LogP contribution in [0.5, 0.6) is 0 Å². The van der Waals surface area contributed by atoms with Gasteiger partial charge in [-0.25, -0.2) is 4.79 Å². The van der Waals surface area contributed by atoms with Crippen LogP contribution in [0.2, 0.25) is 5.02 Å². The van der Waals surface area contributed by atoms with Gasteiger partial charge in [0.05, 0.1) is 0 Å². The predicted molar refractivity (Wildman–Crippen MR) is 82.1 cm³/mol. The molecule has 1 aromatic carbocycles. The fourth-order valence-corrected chi connectivity index (χ4v) is 2.57. The summed E-state index contributed by atoms with van der Waals surface area (Å²) in [7, 11) is 1.86. The first-order valence-electron chi connectivity index (χ1n) is 7.04. The number of urea groups is 1. The van der Waals surface area contributed by atoms with Crippen molar-refractivity contribution in [2.24, 2.45) is 0 Å². The second-order valence-corrected chi connectivity index (χ2v) is 5.76. The van der Waals surface area contributed by atoms with E-state index in [1.165, 1.54) is 0 Å². The third kappa shape index (κ3) is 3.87. The molecule has 0 radical (unpaired) electrons. The molecule has 1 fully saturated rings. The number of hydrogen-bond donors (Lipinski definition) is 2. The van der Waals surface area contributed by atoms with Gasteiger partial charge in [-0.05, 0) is 43.5 Å². The van der Waals surface area contributed by atoms with Gasteiger partial charge in [-0.3, -0.25) is 0 Å². The molecule has 0 unspecified atom stereocenters. The number of halogens is 1. The summed E-state index contributed by atoms with van der Waals surface area (Å²) in [6.45, 7) is 4.43. The number of amides is 2. The Bertz CT molecular complexity index is 472. The molecule has 1 aromatic rings.